The van der Waals surface area contributed by atoms with E-state index in [1.807, 2.05) is 45.0 Å². The molecule has 4 nitrogen and oxygen atoms in total. The summed E-state index contributed by atoms with van der Waals surface area (Å²) in [5.74, 6) is 0.289. The molecule has 0 radical (unpaired) electrons. The van der Waals surface area contributed by atoms with Crippen molar-refractivity contribution in [3.8, 4) is 0 Å². The summed E-state index contributed by atoms with van der Waals surface area (Å²) in [5.41, 5.74) is 1.04. The normalized spacial score (nSPS) is 23.0. The Kier molecular flexibility index (Phi) is 5.84. The molecule has 0 aliphatic carbocycles. The Balaban J connectivity index is 1.90. The minimum atomic E-state index is -0.312. The van der Waals surface area contributed by atoms with Crippen LogP contribution < -0.4 is 5.32 Å². The fraction of sp³-hybridized carbons (Fsp3) is 0.588. The van der Waals surface area contributed by atoms with Crippen LogP contribution in [0.5, 0.6) is 0 Å². The molecule has 0 aromatic heterocycles. The molecule has 1 aliphatic rings. The number of nitrogens with one attached hydrogen (secondary N) is 1. The first-order valence-corrected chi connectivity index (χ1v) is 8.24. The van der Waals surface area contributed by atoms with Crippen LogP contribution in [0.25, 0.3) is 0 Å². The third kappa shape index (κ3) is 4.22. The molecule has 2 rings (SSSR count). The van der Waals surface area contributed by atoms with E-state index in [-0.39, 0.29) is 30.0 Å². The van der Waals surface area contributed by atoms with E-state index < -0.39 is 0 Å². The average Bonchev–Trinajstić information content (AvgIpc) is 2.97. The fourth-order valence-corrected chi connectivity index (χ4v) is 3.02. The van der Waals surface area contributed by atoms with Crippen LogP contribution in [0.15, 0.2) is 24.3 Å². The van der Waals surface area contributed by atoms with Crippen molar-refractivity contribution in [1.29, 1.82) is 0 Å². The van der Waals surface area contributed by atoms with Crippen molar-refractivity contribution in [3.05, 3.63) is 34.9 Å². The molecule has 22 heavy (non-hydrogen) atoms. The molecule has 1 fully saturated rings. The van der Waals surface area contributed by atoms with Gasteiger partial charge in [-0.2, -0.15) is 0 Å². The van der Waals surface area contributed by atoms with Gasteiger partial charge in [-0.3, -0.25) is 9.69 Å². The molecule has 0 saturated carbocycles. The molecule has 1 heterocycles. The van der Waals surface area contributed by atoms with Gasteiger partial charge in [0.15, 0.2) is 0 Å². The third-order valence-corrected chi connectivity index (χ3v) is 4.85. The molecular weight excluding hydrogens is 300 g/mol. The van der Waals surface area contributed by atoms with Gasteiger partial charge in [0.25, 0.3) is 0 Å². The first-order chi connectivity index (χ1) is 10.4. The molecule has 122 valence electrons. The maximum Gasteiger partial charge on any atom is 0.237 e. The highest BCUT2D eigenvalue weighted by Gasteiger charge is 2.31. The zero-order valence-electron chi connectivity index (χ0n) is 13.4. The molecule has 1 aromatic rings. The Morgan fingerprint density at radius 1 is 1.32 bits per heavy atom. The quantitative estimate of drug-likeness (QED) is 0.875. The van der Waals surface area contributed by atoms with Crippen molar-refractivity contribution in [1.82, 2.24) is 10.2 Å². The molecule has 1 amide bonds. The largest absolute Gasteiger partial charge is 0.393 e. The minimum absolute atomic E-state index is 0.0219. The molecular formula is C17H25ClN2O2. The summed E-state index contributed by atoms with van der Waals surface area (Å²) in [6, 6.07) is 7.28. The van der Waals surface area contributed by atoms with E-state index in [9.17, 15) is 9.90 Å². The number of carbonyl (C=O) groups excluding carboxylic acids is 1. The van der Waals surface area contributed by atoms with Crippen LogP contribution in [0.4, 0.5) is 0 Å². The van der Waals surface area contributed by atoms with Gasteiger partial charge in [0.2, 0.25) is 5.91 Å². The number of aliphatic hydroxyl groups is 1. The Hall–Kier alpha value is -1.10. The van der Waals surface area contributed by atoms with E-state index in [1.54, 1.807) is 0 Å². The lowest BCUT2D eigenvalue weighted by Gasteiger charge is -2.26. The first kappa shape index (κ1) is 17.3. The van der Waals surface area contributed by atoms with Gasteiger partial charge < -0.3 is 10.4 Å². The van der Waals surface area contributed by atoms with Crippen LogP contribution in [-0.4, -0.2) is 41.1 Å². The van der Waals surface area contributed by atoms with Crippen LogP contribution in [0.1, 0.15) is 38.8 Å². The molecule has 4 atom stereocenters. The minimum Gasteiger partial charge on any atom is -0.393 e. The number of halogens is 1. The summed E-state index contributed by atoms with van der Waals surface area (Å²) in [6.07, 6.45) is 0.635. The summed E-state index contributed by atoms with van der Waals surface area (Å²) < 4.78 is 0. The number of aliphatic hydroxyl groups excluding tert-OH is 1. The predicted octanol–water partition coefficient (Wildman–Crippen LogP) is 2.61. The summed E-state index contributed by atoms with van der Waals surface area (Å²) in [5, 5.41) is 13.4. The summed E-state index contributed by atoms with van der Waals surface area (Å²) in [4.78, 5) is 14.6. The van der Waals surface area contributed by atoms with Crippen molar-refractivity contribution in [2.75, 3.05) is 13.1 Å². The number of nitrogens with zero attached hydrogens (tertiary/aromatic N) is 1. The Morgan fingerprint density at radius 3 is 2.50 bits per heavy atom. The predicted molar refractivity (Wildman–Crippen MR) is 88.8 cm³/mol. The topological polar surface area (TPSA) is 52.6 Å². The number of amides is 1. The van der Waals surface area contributed by atoms with Crippen LogP contribution >= 0.6 is 11.6 Å². The third-order valence-electron chi connectivity index (χ3n) is 4.59. The number of likely N-dealkylation sites (tertiary alicyclic amines) is 1. The highest BCUT2D eigenvalue weighted by atomic mass is 35.5. The SMILES string of the molecule is CC(NC(=O)C(C)N1CCC(C(C)O)C1)c1ccc(Cl)cc1. The van der Waals surface area contributed by atoms with Gasteiger partial charge in [-0.15, -0.1) is 0 Å². The van der Waals surface area contributed by atoms with Gasteiger partial charge >= 0.3 is 0 Å². The van der Waals surface area contributed by atoms with E-state index in [0.29, 0.717) is 5.02 Å². The van der Waals surface area contributed by atoms with Gasteiger partial charge in [0, 0.05) is 11.6 Å². The molecule has 0 bridgehead atoms. The zero-order chi connectivity index (χ0) is 16.3. The maximum absolute atomic E-state index is 12.4. The van der Waals surface area contributed by atoms with Crippen LogP contribution in [0, 0.1) is 5.92 Å². The Labute approximate surface area is 137 Å². The van der Waals surface area contributed by atoms with Crippen LogP contribution in [0.3, 0.4) is 0 Å². The number of hydrogen-bond acceptors (Lipinski definition) is 3. The Morgan fingerprint density at radius 2 is 1.95 bits per heavy atom. The van der Waals surface area contributed by atoms with Crippen molar-refractivity contribution >= 4 is 17.5 Å². The lowest BCUT2D eigenvalue weighted by Crippen LogP contribution is -2.45. The summed E-state index contributed by atoms with van der Waals surface area (Å²) in [6.45, 7) is 7.35. The smallest absolute Gasteiger partial charge is 0.237 e. The molecule has 0 spiro atoms. The van der Waals surface area contributed by atoms with Crippen molar-refractivity contribution in [3.63, 3.8) is 0 Å². The fourth-order valence-electron chi connectivity index (χ4n) is 2.90. The number of rotatable bonds is 5. The van der Waals surface area contributed by atoms with Crippen molar-refractivity contribution < 1.29 is 9.90 Å². The summed E-state index contributed by atoms with van der Waals surface area (Å²) in [7, 11) is 0. The summed E-state index contributed by atoms with van der Waals surface area (Å²) >= 11 is 5.88. The van der Waals surface area contributed by atoms with Gasteiger partial charge in [0.1, 0.15) is 0 Å². The molecule has 2 N–H and O–H groups in total. The van der Waals surface area contributed by atoms with Gasteiger partial charge in [-0.1, -0.05) is 23.7 Å². The second-order valence-corrected chi connectivity index (χ2v) is 6.68. The first-order valence-electron chi connectivity index (χ1n) is 7.86. The van der Waals surface area contributed by atoms with Crippen LogP contribution in [-0.2, 0) is 4.79 Å². The van der Waals surface area contributed by atoms with E-state index in [1.165, 1.54) is 0 Å². The van der Waals surface area contributed by atoms with E-state index in [4.69, 9.17) is 11.6 Å². The molecule has 1 saturated heterocycles. The maximum atomic E-state index is 12.4. The Bertz CT molecular complexity index is 504. The molecule has 1 aromatic carbocycles. The number of carbonyl (C=O) groups is 1. The van der Waals surface area contributed by atoms with E-state index in [0.717, 1.165) is 25.1 Å². The van der Waals surface area contributed by atoms with Crippen LogP contribution in [0.2, 0.25) is 5.02 Å². The van der Waals surface area contributed by atoms with Crippen molar-refractivity contribution in [2.24, 2.45) is 5.92 Å². The average molecular weight is 325 g/mol. The molecule has 4 unspecified atom stereocenters. The lowest BCUT2D eigenvalue weighted by atomic mass is 10.0. The second-order valence-electron chi connectivity index (χ2n) is 6.24. The number of benzene rings is 1. The van der Waals surface area contributed by atoms with Gasteiger partial charge in [-0.05, 0) is 57.4 Å². The zero-order valence-corrected chi connectivity index (χ0v) is 14.2. The molecule has 1 aliphatic heterocycles. The second kappa shape index (κ2) is 7.44. The standard InChI is InChI=1S/C17H25ClN2O2/c1-11(14-4-6-16(18)7-5-14)19-17(22)12(2)20-9-8-15(10-20)13(3)21/h4-7,11-13,15,21H,8-10H2,1-3H3,(H,19,22). The monoisotopic (exact) mass is 324 g/mol. The van der Waals surface area contributed by atoms with Gasteiger partial charge in [-0.25, -0.2) is 0 Å². The van der Waals surface area contributed by atoms with E-state index >= 15 is 0 Å². The number of hydrogen-bond donors (Lipinski definition) is 2. The van der Waals surface area contributed by atoms with E-state index in [2.05, 4.69) is 10.2 Å². The highest BCUT2D eigenvalue weighted by molar-refractivity contribution is 6.30. The van der Waals surface area contributed by atoms with Crippen molar-refractivity contribution in [2.45, 2.75) is 45.4 Å². The lowest BCUT2D eigenvalue weighted by molar-refractivity contribution is -0.126. The highest BCUT2D eigenvalue weighted by Crippen LogP contribution is 2.22. The molecule has 5 heteroatoms. The van der Waals surface area contributed by atoms with Gasteiger partial charge in [0.05, 0.1) is 18.2 Å².